The number of benzene rings is 2. The molecular weight excluding hydrogens is 361 g/mol. The van der Waals surface area contributed by atoms with E-state index >= 15 is 0 Å². The predicted molar refractivity (Wildman–Crippen MR) is 103 cm³/mol. The average Bonchev–Trinajstić information content (AvgIpc) is 3.02. The lowest BCUT2D eigenvalue weighted by Crippen LogP contribution is -2.04. The minimum absolute atomic E-state index is 0.181. The number of aromatic amines is 1. The molecule has 8 heteroatoms. The van der Waals surface area contributed by atoms with Crippen LogP contribution in [0.2, 0.25) is 0 Å². The van der Waals surface area contributed by atoms with Gasteiger partial charge >= 0.3 is 5.97 Å². The first-order valence-electron chi connectivity index (χ1n) is 8.56. The Kier molecular flexibility index (Phi) is 4.44. The monoisotopic (exact) mass is 377 g/mol. The van der Waals surface area contributed by atoms with E-state index in [0.717, 1.165) is 11.3 Å². The lowest BCUT2D eigenvalue weighted by Gasteiger charge is -2.07. The molecule has 0 atom stereocenters. The Balaban J connectivity index is 1.69. The maximum atomic E-state index is 13.3. The van der Waals surface area contributed by atoms with Gasteiger partial charge in [0.1, 0.15) is 11.6 Å². The Morgan fingerprint density at radius 1 is 1.25 bits per heavy atom. The molecule has 0 aliphatic rings. The summed E-state index contributed by atoms with van der Waals surface area (Å²) in [6, 6.07) is 11.3. The summed E-state index contributed by atoms with van der Waals surface area (Å²) < 4.78 is 13.3. The summed E-state index contributed by atoms with van der Waals surface area (Å²) in [7, 11) is 0. The summed E-state index contributed by atoms with van der Waals surface area (Å²) >= 11 is 0. The maximum Gasteiger partial charge on any atom is 0.337 e. The van der Waals surface area contributed by atoms with E-state index in [1.807, 2.05) is 19.1 Å². The molecule has 0 bridgehead atoms. The van der Waals surface area contributed by atoms with E-state index in [0.29, 0.717) is 34.7 Å². The van der Waals surface area contributed by atoms with E-state index in [9.17, 15) is 14.3 Å². The lowest BCUT2D eigenvalue weighted by atomic mass is 10.1. The number of carbonyl (C=O) groups is 1. The van der Waals surface area contributed by atoms with E-state index in [-0.39, 0.29) is 11.4 Å². The number of carboxylic acids is 1. The number of hydrogen-bond donors (Lipinski definition) is 3. The number of anilines is 1. The molecule has 2 heterocycles. The molecule has 0 amide bonds. The van der Waals surface area contributed by atoms with Crippen LogP contribution in [-0.4, -0.2) is 31.2 Å². The van der Waals surface area contributed by atoms with Crippen LogP contribution in [0.5, 0.6) is 0 Å². The number of nitrogens with zero attached hydrogens (tertiary/aromatic N) is 3. The summed E-state index contributed by atoms with van der Waals surface area (Å²) in [6.45, 7) is 2.21. The van der Waals surface area contributed by atoms with Crippen molar-refractivity contribution in [1.82, 2.24) is 20.2 Å². The normalized spacial score (nSPS) is 10.9. The van der Waals surface area contributed by atoms with Crippen molar-refractivity contribution in [2.45, 2.75) is 13.5 Å². The number of rotatable bonds is 5. The van der Waals surface area contributed by atoms with Crippen molar-refractivity contribution in [2.75, 3.05) is 5.32 Å². The Bertz CT molecular complexity index is 1190. The Labute approximate surface area is 159 Å². The topological polar surface area (TPSA) is 104 Å². The number of halogens is 1. The fourth-order valence-electron chi connectivity index (χ4n) is 3.15. The van der Waals surface area contributed by atoms with Gasteiger partial charge in [0, 0.05) is 23.2 Å². The number of hydrogen-bond acceptors (Lipinski definition) is 5. The number of aryl methyl sites for hydroxylation is 1. The molecule has 0 saturated heterocycles. The van der Waals surface area contributed by atoms with Gasteiger partial charge in [0.25, 0.3) is 0 Å². The molecule has 3 N–H and O–H groups in total. The lowest BCUT2D eigenvalue weighted by molar-refractivity contribution is 0.0699. The summed E-state index contributed by atoms with van der Waals surface area (Å²) in [5.41, 5.74) is 2.91. The standard InChI is InChI=1S/C20H16FN5O2/c1-11-17(14-6-3-7-15(20(27)28)18(14)24-11)19-25-16(10-23-26-19)22-9-12-4-2-5-13(21)8-12/h2-8,10,24H,9H2,1H3,(H,27,28)(H,22,25,26). The van der Waals surface area contributed by atoms with Crippen LogP contribution in [0.15, 0.2) is 48.7 Å². The van der Waals surface area contributed by atoms with E-state index in [1.165, 1.54) is 18.3 Å². The van der Waals surface area contributed by atoms with Gasteiger partial charge in [-0.25, -0.2) is 14.2 Å². The van der Waals surface area contributed by atoms with Gasteiger partial charge in [0.15, 0.2) is 5.82 Å². The number of nitrogens with one attached hydrogen (secondary N) is 2. The minimum Gasteiger partial charge on any atom is -0.478 e. The van der Waals surface area contributed by atoms with Crippen LogP contribution in [0.4, 0.5) is 10.2 Å². The first-order valence-corrected chi connectivity index (χ1v) is 8.56. The van der Waals surface area contributed by atoms with Crippen molar-refractivity contribution in [2.24, 2.45) is 0 Å². The zero-order valence-corrected chi connectivity index (χ0v) is 14.9. The van der Waals surface area contributed by atoms with Gasteiger partial charge in [-0.2, -0.15) is 5.10 Å². The second-order valence-electron chi connectivity index (χ2n) is 6.31. The van der Waals surface area contributed by atoms with Gasteiger partial charge < -0.3 is 15.4 Å². The van der Waals surface area contributed by atoms with Crippen molar-refractivity contribution in [3.63, 3.8) is 0 Å². The average molecular weight is 377 g/mol. The second kappa shape index (κ2) is 7.07. The third-order valence-corrected chi connectivity index (χ3v) is 4.40. The summed E-state index contributed by atoms with van der Waals surface area (Å²) in [4.78, 5) is 19.1. The molecule has 0 aliphatic carbocycles. The Morgan fingerprint density at radius 2 is 2.07 bits per heavy atom. The highest BCUT2D eigenvalue weighted by molar-refractivity contribution is 6.07. The van der Waals surface area contributed by atoms with Crippen molar-refractivity contribution >= 4 is 22.7 Å². The number of para-hydroxylation sites is 1. The van der Waals surface area contributed by atoms with Crippen LogP contribution in [0, 0.1) is 12.7 Å². The first kappa shape index (κ1) is 17.6. The highest BCUT2D eigenvalue weighted by atomic mass is 19.1. The van der Waals surface area contributed by atoms with Crippen molar-refractivity contribution in [1.29, 1.82) is 0 Å². The van der Waals surface area contributed by atoms with Gasteiger partial charge in [-0.3, -0.25) is 0 Å². The molecule has 2 aromatic heterocycles. The smallest absolute Gasteiger partial charge is 0.337 e. The molecule has 0 fully saturated rings. The molecule has 7 nitrogen and oxygen atoms in total. The molecule has 0 saturated carbocycles. The van der Waals surface area contributed by atoms with Crippen molar-refractivity contribution in [3.05, 3.63) is 71.3 Å². The van der Waals surface area contributed by atoms with Crippen LogP contribution in [-0.2, 0) is 6.54 Å². The molecule has 0 radical (unpaired) electrons. The van der Waals surface area contributed by atoms with Crippen LogP contribution in [0.3, 0.4) is 0 Å². The number of aromatic carboxylic acids is 1. The van der Waals surface area contributed by atoms with Crippen molar-refractivity contribution in [3.8, 4) is 11.4 Å². The third kappa shape index (κ3) is 3.27. The SMILES string of the molecule is Cc1[nH]c2c(C(=O)O)cccc2c1-c1nncc(NCc2cccc(F)c2)n1. The third-order valence-electron chi connectivity index (χ3n) is 4.40. The van der Waals surface area contributed by atoms with Gasteiger partial charge in [-0.05, 0) is 30.7 Å². The molecule has 0 aliphatic heterocycles. The van der Waals surface area contributed by atoms with Crippen LogP contribution in [0.1, 0.15) is 21.6 Å². The molecule has 140 valence electrons. The zero-order valence-electron chi connectivity index (χ0n) is 14.9. The van der Waals surface area contributed by atoms with E-state index < -0.39 is 5.97 Å². The van der Waals surface area contributed by atoms with Gasteiger partial charge in [-0.1, -0.05) is 24.3 Å². The predicted octanol–water partition coefficient (Wildman–Crippen LogP) is 3.78. The molecule has 2 aromatic carbocycles. The summed E-state index contributed by atoms with van der Waals surface area (Å²) in [5.74, 6) is -0.458. The van der Waals surface area contributed by atoms with Gasteiger partial charge in [0.05, 0.1) is 17.3 Å². The molecular formula is C20H16FN5O2. The fourth-order valence-corrected chi connectivity index (χ4v) is 3.15. The van der Waals surface area contributed by atoms with Crippen molar-refractivity contribution < 1.29 is 14.3 Å². The molecule has 4 rings (SSSR count). The highest BCUT2D eigenvalue weighted by Gasteiger charge is 2.18. The molecule has 28 heavy (non-hydrogen) atoms. The van der Waals surface area contributed by atoms with E-state index in [2.05, 4.69) is 25.5 Å². The molecule has 0 unspecified atom stereocenters. The largest absolute Gasteiger partial charge is 0.478 e. The first-order chi connectivity index (χ1) is 13.5. The number of fused-ring (bicyclic) bond motifs is 1. The van der Waals surface area contributed by atoms with Gasteiger partial charge in [-0.15, -0.1) is 5.10 Å². The second-order valence-corrected chi connectivity index (χ2v) is 6.31. The van der Waals surface area contributed by atoms with Crippen LogP contribution >= 0.6 is 0 Å². The fraction of sp³-hybridized carbons (Fsp3) is 0.100. The molecule has 0 spiro atoms. The highest BCUT2D eigenvalue weighted by Crippen LogP contribution is 2.31. The van der Waals surface area contributed by atoms with Gasteiger partial charge in [0.2, 0.25) is 0 Å². The number of H-pyrrole nitrogens is 1. The van der Waals surface area contributed by atoms with Crippen LogP contribution in [0.25, 0.3) is 22.3 Å². The Morgan fingerprint density at radius 3 is 2.86 bits per heavy atom. The Hall–Kier alpha value is -3.81. The van der Waals surface area contributed by atoms with E-state index in [4.69, 9.17) is 0 Å². The zero-order chi connectivity index (χ0) is 19.7. The summed E-state index contributed by atoms with van der Waals surface area (Å²) in [6.07, 6.45) is 1.48. The minimum atomic E-state index is -1.01. The number of carboxylic acid groups (broad SMARTS) is 1. The quantitative estimate of drug-likeness (QED) is 0.489. The maximum absolute atomic E-state index is 13.3. The van der Waals surface area contributed by atoms with E-state index in [1.54, 1.807) is 18.2 Å². The summed E-state index contributed by atoms with van der Waals surface area (Å²) in [5, 5.41) is 21.3. The number of aromatic nitrogens is 4. The molecule has 4 aromatic rings. The van der Waals surface area contributed by atoms with Crippen LogP contribution < -0.4 is 5.32 Å².